The lowest BCUT2D eigenvalue weighted by atomic mass is 9.80. The van der Waals surface area contributed by atoms with Crippen molar-refractivity contribution in [3.63, 3.8) is 0 Å². The summed E-state index contributed by atoms with van der Waals surface area (Å²) in [5.74, 6) is 1.45. The Hall–Kier alpha value is -2.93. The number of benzene rings is 1. The quantitative estimate of drug-likeness (QED) is 0.499. The van der Waals surface area contributed by atoms with E-state index >= 15 is 0 Å². The van der Waals surface area contributed by atoms with E-state index < -0.39 is 0 Å². The van der Waals surface area contributed by atoms with E-state index in [1.54, 1.807) is 18.2 Å². The van der Waals surface area contributed by atoms with Gasteiger partial charge in [-0.2, -0.15) is 0 Å². The van der Waals surface area contributed by atoms with E-state index in [1.807, 2.05) is 18.2 Å². The van der Waals surface area contributed by atoms with Gasteiger partial charge < -0.3 is 21.1 Å². The van der Waals surface area contributed by atoms with Crippen LogP contribution >= 0.6 is 0 Å². The van der Waals surface area contributed by atoms with Gasteiger partial charge in [0.2, 0.25) is 5.91 Å². The predicted octanol–water partition coefficient (Wildman–Crippen LogP) is 3.47. The largest absolute Gasteiger partial charge is 0.507 e. The topological polar surface area (TPSA) is 99.2 Å². The molecular weight excluding hydrogens is 402 g/mol. The minimum absolute atomic E-state index is 0.0993. The van der Waals surface area contributed by atoms with Crippen LogP contribution in [0.25, 0.3) is 17.3 Å². The number of aromatic nitrogens is 2. The van der Waals surface area contributed by atoms with Crippen molar-refractivity contribution in [1.82, 2.24) is 20.8 Å². The fourth-order valence-corrected chi connectivity index (χ4v) is 4.89. The maximum atomic E-state index is 11.8. The molecule has 1 aromatic heterocycles. The molecule has 3 fully saturated rings. The van der Waals surface area contributed by atoms with Crippen molar-refractivity contribution < 1.29 is 9.90 Å². The van der Waals surface area contributed by atoms with Crippen molar-refractivity contribution in [1.29, 1.82) is 0 Å². The molecule has 1 saturated carbocycles. The second-order valence-corrected chi connectivity index (χ2v) is 9.41. The first-order chi connectivity index (χ1) is 15.6. The number of nitrogens with zero attached hydrogens (tertiary/aromatic N) is 2. The van der Waals surface area contributed by atoms with Gasteiger partial charge in [0.15, 0.2) is 0 Å². The lowest BCUT2D eigenvalue weighted by Gasteiger charge is -2.40. The second kappa shape index (κ2) is 9.28. The number of nitrogens with one attached hydrogen (secondary N) is 3. The number of phenolic OH excluding ortho intramolecular Hbond substituents is 1. The number of hydrogen-bond acceptors (Lipinski definition) is 6. The van der Waals surface area contributed by atoms with Crippen molar-refractivity contribution in [2.75, 3.05) is 11.9 Å². The first-order valence-corrected chi connectivity index (χ1v) is 11.8. The molecule has 2 saturated heterocycles. The van der Waals surface area contributed by atoms with Gasteiger partial charge in [0.05, 0.1) is 5.69 Å². The van der Waals surface area contributed by atoms with Gasteiger partial charge in [0.25, 0.3) is 0 Å². The van der Waals surface area contributed by atoms with Gasteiger partial charge in [0, 0.05) is 36.3 Å². The number of carbonyl (C=O) groups excluding carboxylic acids is 1. The highest BCUT2D eigenvalue weighted by molar-refractivity contribution is 5.92. The molecule has 0 radical (unpaired) electrons. The van der Waals surface area contributed by atoms with Gasteiger partial charge >= 0.3 is 0 Å². The van der Waals surface area contributed by atoms with E-state index in [9.17, 15) is 9.90 Å². The third kappa shape index (κ3) is 5.27. The van der Waals surface area contributed by atoms with Crippen molar-refractivity contribution in [2.24, 2.45) is 5.92 Å². The summed E-state index contributed by atoms with van der Waals surface area (Å²) in [5.41, 5.74) is 2.00. The van der Waals surface area contributed by atoms with E-state index in [1.165, 1.54) is 38.2 Å². The summed E-state index contributed by atoms with van der Waals surface area (Å²) in [5, 5.41) is 29.2. The van der Waals surface area contributed by atoms with Crippen LogP contribution in [-0.4, -0.2) is 45.9 Å². The number of hydrogen-bond donors (Lipinski definition) is 4. The SMILES string of the molecule is O=C(/C=C/c1ccc(-c2ccc(NCC3CC4CCCC(C3)N4)nn2)c(O)c1)NC1CC1. The summed E-state index contributed by atoms with van der Waals surface area (Å²) in [6.45, 7) is 0.920. The van der Waals surface area contributed by atoms with Gasteiger partial charge in [-0.1, -0.05) is 12.5 Å². The molecule has 1 aliphatic carbocycles. The standard InChI is InChI=1S/C25H31N5O2/c31-23-14-16(5-11-25(32)28-18-6-7-18)4-8-21(23)22-9-10-24(30-29-22)26-15-17-12-19-2-1-3-20(13-17)27-19/h4-5,8-11,14,17-20,27,31H,1-3,6-7,12-13,15H2,(H,26,30)(H,28,32)/b11-5+. The molecule has 7 nitrogen and oxygen atoms in total. The van der Waals surface area contributed by atoms with Crippen LogP contribution in [-0.2, 0) is 4.79 Å². The van der Waals surface area contributed by atoms with Crippen LogP contribution in [0.5, 0.6) is 5.75 Å². The van der Waals surface area contributed by atoms with E-state index in [0.29, 0.717) is 35.3 Å². The number of aromatic hydroxyl groups is 1. The van der Waals surface area contributed by atoms with Crippen molar-refractivity contribution in [2.45, 2.75) is 63.1 Å². The number of phenols is 1. The monoisotopic (exact) mass is 433 g/mol. The summed E-state index contributed by atoms with van der Waals surface area (Å²) in [6.07, 6.45) is 11.7. The molecule has 168 valence electrons. The van der Waals surface area contributed by atoms with E-state index in [-0.39, 0.29) is 11.7 Å². The summed E-state index contributed by atoms with van der Waals surface area (Å²) < 4.78 is 0. The van der Waals surface area contributed by atoms with Gasteiger partial charge in [0.1, 0.15) is 11.6 Å². The van der Waals surface area contributed by atoms with Crippen LogP contribution in [0.4, 0.5) is 5.82 Å². The smallest absolute Gasteiger partial charge is 0.244 e. The van der Waals surface area contributed by atoms with Crippen molar-refractivity contribution in [3.05, 3.63) is 42.0 Å². The molecule has 2 bridgehead atoms. The zero-order chi connectivity index (χ0) is 21.9. The summed E-state index contributed by atoms with van der Waals surface area (Å²) in [4.78, 5) is 11.8. The maximum absolute atomic E-state index is 11.8. The van der Waals surface area contributed by atoms with E-state index in [4.69, 9.17) is 0 Å². The zero-order valence-electron chi connectivity index (χ0n) is 18.3. The Balaban J connectivity index is 1.17. The third-order valence-electron chi connectivity index (χ3n) is 6.70. The molecule has 7 heteroatoms. The Kier molecular flexibility index (Phi) is 6.08. The van der Waals surface area contributed by atoms with Gasteiger partial charge in [-0.25, -0.2) is 0 Å². The average molecular weight is 434 g/mol. The first-order valence-electron chi connectivity index (χ1n) is 11.8. The van der Waals surface area contributed by atoms with Gasteiger partial charge in [-0.05, 0) is 80.3 Å². The molecule has 3 heterocycles. The first kappa shape index (κ1) is 20.9. The molecule has 2 aromatic rings. The fraction of sp³-hybridized carbons (Fsp3) is 0.480. The Labute approximate surface area is 188 Å². The molecule has 0 spiro atoms. The molecule has 4 N–H and O–H groups in total. The fourth-order valence-electron chi connectivity index (χ4n) is 4.89. The Bertz CT molecular complexity index is 974. The normalized spacial score (nSPS) is 24.9. The summed E-state index contributed by atoms with van der Waals surface area (Å²) in [6, 6.07) is 10.8. The summed E-state index contributed by atoms with van der Waals surface area (Å²) >= 11 is 0. The van der Waals surface area contributed by atoms with Crippen molar-refractivity contribution in [3.8, 4) is 17.0 Å². The Morgan fingerprint density at radius 1 is 1.09 bits per heavy atom. The molecule has 3 aliphatic rings. The van der Waals surface area contributed by atoms with Crippen LogP contribution in [0.2, 0.25) is 0 Å². The van der Waals surface area contributed by atoms with Crippen molar-refractivity contribution >= 4 is 17.8 Å². The molecule has 5 rings (SSSR count). The lowest BCUT2D eigenvalue weighted by Crippen LogP contribution is -2.49. The zero-order valence-corrected chi connectivity index (χ0v) is 18.3. The van der Waals surface area contributed by atoms with Crippen LogP contribution in [0.1, 0.15) is 50.5 Å². The molecule has 32 heavy (non-hydrogen) atoms. The molecule has 2 atom stereocenters. The average Bonchev–Trinajstić information content (AvgIpc) is 3.61. The summed E-state index contributed by atoms with van der Waals surface area (Å²) in [7, 11) is 0. The van der Waals surface area contributed by atoms with E-state index in [0.717, 1.165) is 30.8 Å². The highest BCUT2D eigenvalue weighted by Crippen LogP contribution is 2.31. The van der Waals surface area contributed by atoms with Crippen LogP contribution < -0.4 is 16.0 Å². The van der Waals surface area contributed by atoms with Crippen LogP contribution in [0.15, 0.2) is 36.4 Å². The van der Waals surface area contributed by atoms with Crippen LogP contribution in [0, 0.1) is 5.92 Å². The predicted molar refractivity (Wildman–Crippen MR) is 125 cm³/mol. The maximum Gasteiger partial charge on any atom is 0.244 e. The number of carbonyl (C=O) groups is 1. The number of fused-ring (bicyclic) bond motifs is 2. The number of amides is 1. The molecule has 1 aromatic carbocycles. The highest BCUT2D eigenvalue weighted by Gasteiger charge is 2.30. The molecule has 2 unspecified atom stereocenters. The highest BCUT2D eigenvalue weighted by atomic mass is 16.3. The minimum Gasteiger partial charge on any atom is -0.507 e. The second-order valence-electron chi connectivity index (χ2n) is 9.41. The molecule has 2 aliphatic heterocycles. The number of anilines is 1. The van der Waals surface area contributed by atoms with Gasteiger partial charge in [-0.3, -0.25) is 4.79 Å². The van der Waals surface area contributed by atoms with E-state index in [2.05, 4.69) is 26.1 Å². The van der Waals surface area contributed by atoms with Crippen LogP contribution in [0.3, 0.4) is 0 Å². The molecule has 1 amide bonds. The lowest BCUT2D eigenvalue weighted by molar-refractivity contribution is -0.116. The number of piperidine rings is 2. The Morgan fingerprint density at radius 2 is 1.91 bits per heavy atom. The Morgan fingerprint density at radius 3 is 2.59 bits per heavy atom. The number of rotatable bonds is 7. The molecular formula is C25H31N5O2. The minimum atomic E-state index is -0.0993. The van der Waals surface area contributed by atoms with Gasteiger partial charge in [-0.15, -0.1) is 10.2 Å². The third-order valence-corrected chi connectivity index (χ3v) is 6.70.